The lowest BCUT2D eigenvalue weighted by Gasteiger charge is -2.19. The Morgan fingerprint density at radius 3 is 2.57 bits per heavy atom. The molecule has 21 heavy (non-hydrogen) atoms. The summed E-state index contributed by atoms with van der Waals surface area (Å²) in [5.41, 5.74) is 4.42. The molecule has 1 aromatic carbocycles. The molecular weight excluding hydrogens is 305 g/mol. The molecular formula is C16H21Cl2N3. The number of aromatic nitrogens is 2. The van der Waals surface area contributed by atoms with Gasteiger partial charge in [0, 0.05) is 24.5 Å². The van der Waals surface area contributed by atoms with Crippen molar-refractivity contribution >= 4 is 23.2 Å². The van der Waals surface area contributed by atoms with E-state index in [1.165, 1.54) is 11.1 Å². The van der Waals surface area contributed by atoms with Crippen LogP contribution in [-0.4, -0.2) is 16.8 Å². The van der Waals surface area contributed by atoms with E-state index in [9.17, 15) is 0 Å². The van der Waals surface area contributed by atoms with Gasteiger partial charge in [0.2, 0.25) is 0 Å². The normalized spacial score (nSPS) is 12.7. The molecule has 0 spiro atoms. The predicted octanol–water partition coefficient (Wildman–Crippen LogP) is 4.10. The van der Waals surface area contributed by atoms with Gasteiger partial charge >= 0.3 is 0 Å². The van der Waals surface area contributed by atoms with Crippen molar-refractivity contribution in [2.24, 2.45) is 7.05 Å². The van der Waals surface area contributed by atoms with Gasteiger partial charge in [-0.25, -0.2) is 0 Å². The molecule has 1 unspecified atom stereocenters. The Labute approximate surface area is 136 Å². The highest BCUT2D eigenvalue weighted by molar-refractivity contribution is 6.32. The standard InChI is InChI=1S/C16H21Cl2N3/c1-5-13-16(18)15(21(4)20-13)9-14(19-3)12-7-6-11(17)8-10(12)2/h6-8,14,19H,5,9H2,1-4H3. The lowest BCUT2D eigenvalue weighted by atomic mass is 9.97. The van der Waals surface area contributed by atoms with Crippen LogP contribution in [0.15, 0.2) is 18.2 Å². The Balaban J connectivity index is 2.33. The first kappa shape index (κ1) is 16.3. The first-order chi connectivity index (χ1) is 9.97. The molecule has 114 valence electrons. The van der Waals surface area contributed by atoms with E-state index in [4.69, 9.17) is 23.2 Å². The van der Waals surface area contributed by atoms with Crippen LogP contribution in [0.4, 0.5) is 0 Å². The number of aryl methyl sites for hydroxylation is 3. The summed E-state index contributed by atoms with van der Waals surface area (Å²) in [7, 11) is 3.91. The van der Waals surface area contributed by atoms with Gasteiger partial charge in [0.05, 0.1) is 16.4 Å². The monoisotopic (exact) mass is 325 g/mol. The van der Waals surface area contributed by atoms with E-state index in [0.717, 1.165) is 34.3 Å². The first-order valence-corrected chi connectivity index (χ1v) is 7.87. The van der Waals surface area contributed by atoms with Crippen molar-refractivity contribution in [3.05, 3.63) is 50.8 Å². The van der Waals surface area contributed by atoms with Gasteiger partial charge in [-0.05, 0) is 43.7 Å². The highest BCUT2D eigenvalue weighted by Crippen LogP contribution is 2.28. The summed E-state index contributed by atoms with van der Waals surface area (Å²) in [4.78, 5) is 0. The smallest absolute Gasteiger partial charge is 0.0850 e. The summed E-state index contributed by atoms with van der Waals surface area (Å²) < 4.78 is 1.89. The molecule has 2 rings (SSSR count). The Bertz CT molecular complexity index is 635. The van der Waals surface area contributed by atoms with Crippen LogP contribution in [0.25, 0.3) is 0 Å². The quantitative estimate of drug-likeness (QED) is 0.896. The molecule has 3 nitrogen and oxygen atoms in total. The van der Waals surface area contributed by atoms with Crippen molar-refractivity contribution in [2.75, 3.05) is 7.05 Å². The van der Waals surface area contributed by atoms with E-state index in [2.05, 4.69) is 30.3 Å². The fraction of sp³-hybridized carbons (Fsp3) is 0.438. The molecule has 0 saturated heterocycles. The van der Waals surface area contributed by atoms with E-state index in [-0.39, 0.29) is 6.04 Å². The van der Waals surface area contributed by atoms with Crippen LogP contribution in [0, 0.1) is 6.92 Å². The summed E-state index contributed by atoms with van der Waals surface area (Å²) in [6.45, 7) is 4.14. The average Bonchev–Trinajstić information content (AvgIpc) is 2.72. The van der Waals surface area contributed by atoms with Crippen LogP contribution in [0.1, 0.15) is 35.5 Å². The number of nitrogens with one attached hydrogen (secondary N) is 1. The molecule has 1 atom stereocenters. The van der Waals surface area contributed by atoms with Gasteiger partial charge in [-0.2, -0.15) is 5.10 Å². The molecule has 1 heterocycles. The van der Waals surface area contributed by atoms with E-state index >= 15 is 0 Å². The SMILES string of the molecule is CCc1nn(C)c(CC(NC)c2ccc(Cl)cc2C)c1Cl. The lowest BCUT2D eigenvalue weighted by molar-refractivity contribution is 0.559. The van der Waals surface area contributed by atoms with Gasteiger partial charge in [0.1, 0.15) is 0 Å². The molecule has 1 N–H and O–H groups in total. The number of hydrogen-bond donors (Lipinski definition) is 1. The third-order valence-corrected chi connectivity index (χ3v) is 4.53. The van der Waals surface area contributed by atoms with Crippen LogP contribution in [0.5, 0.6) is 0 Å². The van der Waals surface area contributed by atoms with Crippen molar-refractivity contribution < 1.29 is 0 Å². The third-order valence-electron chi connectivity index (χ3n) is 3.86. The predicted molar refractivity (Wildman–Crippen MR) is 89.3 cm³/mol. The first-order valence-electron chi connectivity index (χ1n) is 7.11. The van der Waals surface area contributed by atoms with Crippen LogP contribution in [0.3, 0.4) is 0 Å². The lowest BCUT2D eigenvalue weighted by Crippen LogP contribution is -2.21. The van der Waals surface area contributed by atoms with Crippen LogP contribution in [-0.2, 0) is 19.9 Å². The zero-order valence-electron chi connectivity index (χ0n) is 12.9. The van der Waals surface area contributed by atoms with Crippen molar-refractivity contribution in [3.63, 3.8) is 0 Å². The summed E-state index contributed by atoms with van der Waals surface area (Å²) >= 11 is 12.5. The number of nitrogens with zero attached hydrogens (tertiary/aromatic N) is 2. The summed E-state index contributed by atoms with van der Waals surface area (Å²) in [6.07, 6.45) is 1.64. The topological polar surface area (TPSA) is 29.9 Å². The molecule has 0 aliphatic rings. The Kier molecular flexibility index (Phi) is 5.31. The average molecular weight is 326 g/mol. The second kappa shape index (κ2) is 6.82. The molecule has 0 aliphatic carbocycles. The minimum absolute atomic E-state index is 0.180. The Hall–Kier alpha value is -1.03. The van der Waals surface area contributed by atoms with Crippen LogP contribution in [0.2, 0.25) is 10.0 Å². The van der Waals surface area contributed by atoms with E-state index in [1.54, 1.807) is 0 Å². The highest BCUT2D eigenvalue weighted by Gasteiger charge is 2.19. The van der Waals surface area contributed by atoms with E-state index in [0.29, 0.717) is 0 Å². The Morgan fingerprint density at radius 1 is 1.33 bits per heavy atom. The van der Waals surface area contributed by atoms with Gasteiger partial charge in [0.15, 0.2) is 0 Å². The van der Waals surface area contributed by atoms with Gasteiger partial charge < -0.3 is 5.32 Å². The summed E-state index contributed by atoms with van der Waals surface area (Å²) in [5, 5.41) is 9.39. The third kappa shape index (κ3) is 3.42. The van der Waals surface area contributed by atoms with Crippen molar-refractivity contribution in [2.45, 2.75) is 32.7 Å². The van der Waals surface area contributed by atoms with Gasteiger partial charge in [-0.3, -0.25) is 4.68 Å². The number of benzene rings is 1. The zero-order chi connectivity index (χ0) is 15.6. The second-order valence-corrected chi connectivity index (χ2v) is 6.05. The fourth-order valence-corrected chi connectivity index (χ4v) is 3.23. The molecule has 2 aromatic rings. The van der Waals surface area contributed by atoms with Crippen LogP contribution >= 0.6 is 23.2 Å². The maximum atomic E-state index is 6.45. The largest absolute Gasteiger partial charge is 0.313 e. The summed E-state index contributed by atoms with van der Waals surface area (Å²) in [5.74, 6) is 0. The number of rotatable bonds is 5. The number of halogens is 2. The fourth-order valence-electron chi connectivity index (χ4n) is 2.63. The van der Waals surface area contributed by atoms with E-state index < -0.39 is 0 Å². The van der Waals surface area contributed by atoms with Crippen molar-refractivity contribution in [3.8, 4) is 0 Å². The molecule has 0 bridgehead atoms. The highest BCUT2D eigenvalue weighted by atomic mass is 35.5. The summed E-state index contributed by atoms with van der Waals surface area (Å²) in [6, 6.07) is 6.17. The van der Waals surface area contributed by atoms with E-state index in [1.807, 2.05) is 30.9 Å². The second-order valence-electron chi connectivity index (χ2n) is 5.23. The molecule has 0 amide bonds. The molecule has 1 aromatic heterocycles. The minimum atomic E-state index is 0.180. The molecule has 0 fully saturated rings. The van der Waals surface area contributed by atoms with Gasteiger partial charge in [-0.15, -0.1) is 0 Å². The van der Waals surface area contributed by atoms with Gasteiger partial charge in [0.25, 0.3) is 0 Å². The number of hydrogen-bond acceptors (Lipinski definition) is 2. The molecule has 5 heteroatoms. The molecule has 0 radical (unpaired) electrons. The van der Waals surface area contributed by atoms with Crippen molar-refractivity contribution in [1.82, 2.24) is 15.1 Å². The zero-order valence-corrected chi connectivity index (χ0v) is 14.4. The maximum absolute atomic E-state index is 6.45. The minimum Gasteiger partial charge on any atom is -0.313 e. The molecule has 0 saturated carbocycles. The van der Waals surface area contributed by atoms with Crippen molar-refractivity contribution in [1.29, 1.82) is 0 Å². The van der Waals surface area contributed by atoms with Gasteiger partial charge in [-0.1, -0.05) is 36.2 Å². The molecule has 0 aliphatic heterocycles. The van der Waals surface area contributed by atoms with Crippen LogP contribution < -0.4 is 5.32 Å². The maximum Gasteiger partial charge on any atom is 0.0850 e. The Morgan fingerprint density at radius 2 is 2.05 bits per heavy atom. The number of likely N-dealkylation sites (N-methyl/N-ethyl adjacent to an activating group) is 1.